The Hall–Kier alpha value is -2.16. The minimum Gasteiger partial charge on any atom is -0.298 e. The van der Waals surface area contributed by atoms with Crippen LogP contribution in [0.5, 0.6) is 0 Å². The van der Waals surface area contributed by atoms with E-state index in [2.05, 4.69) is 10.3 Å². The van der Waals surface area contributed by atoms with Gasteiger partial charge in [0, 0.05) is 12.1 Å². The number of hydrogen-bond acceptors (Lipinski definition) is 5. The van der Waals surface area contributed by atoms with E-state index in [1.807, 2.05) is 24.3 Å². The number of carbonyl (C=O) groups excluding carboxylic acids is 1. The highest BCUT2D eigenvalue weighted by Crippen LogP contribution is 2.32. The first kappa shape index (κ1) is 18.2. The molecule has 140 valence electrons. The van der Waals surface area contributed by atoms with Gasteiger partial charge in [0.1, 0.15) is 0 Å². The lowest BCUT2D eigenvalue weighted by Crippen LogP contribution is -2.38. The summed E-state index contributed by atoms with van der Waals surface area (Å²) in [6, 6.07) is 12.3. The van der Waals surface area contributed by atoms with Crippen molar-refractivity contribution in [1.29, 1.82) is 0 Å². The third-order valence-electron chi connectivity index (χ3n) is 4.34. The monoisotopic (exact) mass is 421 g/mol. The van der Waals surface area contributed by atoms with E-state index in [-0.39, 0.29) is 11.7 Å². The largest absolute Gasteiger partial charge is 0.298 e. The van der Waals surface area contributed by atoms with Crippen LogP contribution in [0.25, 0.3) is 10.2 Å². The van der Waals surface area contributed by atoms with Gasteiger partial charge in [-0.15, -0.1) is 0 Å². The molecule has 0 radical (unpaired) electrons. The third-order valence-corrected chi connectivity index (χ3v) is 7.47. The van der Waals surface area contributed by atoms with E-state index in [9.17, 15) is 13.2 Å². The molecule has 2 heterocycles. The van der Waals surface area contributed by atoms with Gasteiger partial charge >= 0.3 is 0 Å². The predicted molar refractivity (Wildman–Crippen MR) is 109 cm³/mol. The molecule has 1 amide bonds. The van der Waals surface area contributed by atoms with E-state index in [1.165, 1.54) is 21.7 Å². The van der Waals surface area contributed by atoms with Gasteiger partial charge in [-0.1, -0.05) is 35.1 Å². The van der Waals surface area contributed by atoms with Gasteiger partial charge in [-0.3, -0.25) is 14.4 Å². The van der Waals surface area contributed by atoms with Gasteiger partial charge in [0.2, 0.25) is 10.0 Å². The summed E-state index contributed by atoms with van der Waals surface area (Å²) in [5, 5.41) is 3.57. The molecule has 27 heavy (non-hydrogen) atoms. The van der Waals surface area contributed by atoms with Crippen molar-refractivity contribution in [2.45, 2.75) is 12.8 Å². The number of anilines is 2. The van der Waals surface area contributed by atoms with Crippen LogP contribution >= 0.6 is 22.9 Å². The SMILES string of the molecule is O=C(Nc1nc2ccccc2s1)c1ccc(Cl)c(N2CCCCS2(=O)=O)c1. The fourth-order valence-electron chi connectivity index (χ4n) is 3.00. The van der Waals surface area contributed by atoms with Crippen LogP contribution in [-0.4, -0.2) is 31.6 Å². The van der Waals surface area contributed by atoms with Crippen molar-refractivity contribution in [2.24, 2.45) is 0 Å². The second kappa shape index (κ2) is 7.10. The number of hydrogen-bond donors (Lipinski definition) is 1. The number of halogens is 1. The maximum absolute atomic E-state index is 12.6. The number of nitrogens with one attached hydrogen (secondary N) is 1. The predicted octanol–water partition coefficient (Wildman–Crippen LogP) is 4.13. The van der Waals surface area contributed by atoms with Crippen molar-refractivity contribution in [3.8, 4) is 0 Å². The molecule has 0 saturated carbocycles. The quantitative estimate of drug-likeness (QED) is 0.689. The summed E-state index contributed by atoms with van der Waals surface area (Å²) in [5.41, 5.74) is 1.48. The summed E-state index contributed by atoms with van der Waals surface area (Å²) < 4.78 is 27.0. The lowest BCUT2D eigenvalue weighted by molar-refractivity contribution is 0.102. The molecule has 0 bridgehead atoms. The Kier molecular flexibility index (Phi) is 4.79. The van der Waals surface area contributed by atoms with E-state index >= 15 is 0 Å². The van der Waals surface area contributed by atoms with Crippen LogP contribution in [0.15, 0.2) is 42.5 Å². The number of amides is 1. The van der Waals surface area contributed by atoms with E-state index in [0.717, 1.165) is 16.6 Å². The van der Waals surface area contributed by atoms with E-state index in [4.69, 9.17) is 11.6 Å². The van der Waals surface area contributed by atoms with E-state index in [0.29, 0.717) is 34.4 Å². The number of nitrogens with zero attached hydrogens (tertiary/aromatic N) is 2. The zero-order valence-corrected chi connectivity index (χ0v) is 16.6. The van der Waals surface area contributed by atoms with Crippen molar-refractivity contribution in [2.75, 3.05) is 21.9 Å². The molecule has 0 spiro atoms. The average Bonchev–Trinajstić information content (AvgIpc) is 3.04. The third kappa shape index (κ3) is 3.65. The van der Waals surface area contributed by atoms with Crippen molar-refractivity contribution in [1.82, 2.24) is 4.98 Å². The van der Waals surface area contributed by atoms with Crippen molar-refractivity contribution in [3.63, 3.8) is 0 Å². The molecule has 1 aliphatic rings. The molecule has 0 unspecified atom stereocenters. The van der Waals surface area contributed by atoms with Crippen LogP contribution in [0.3, 0.4) is 0 Å². The highest BCUT2D eigenvalue weighted by molar-refractivity contribution is 7.92. The van der Waals surface area contributed by atoms with Gasteiger partial charge in [-0.25, -0.2) is 13.4 Å². The summed E-state index contributed by atoms with van der Waals surface area (Å²) >= 11 is 7.61. The molecule has 4 rings (SSSR count). The molecular weight excluding hydrogens is 406 g/mol. The van der Waals surface area contributed by atoms with Gasteiger partial charge in [0.25, 0.3) is 5.91 Å². The number of thiazole rings is 1. The maximum Gasteiger partial charge on any atom is 0.257 e. The first-order valence-electron chi connectivity index (χ1n) is 8.41. The van der Waals surface area contributed by atoms with Crippen LogP contribution in [0.2, 0.25) is 5.02 Å². The normalized spacial score (nSPS) is 16.4. The molecule has 1 saturated heterocycles. The Morgan fingerprint density at radius 1 is 1.19 bits per heavy atom. The first-order valence-corrected chi connectivity index (χ1v) is 11.2. The average molecular weight is 422 g/mol. The second-order valence-corrected chi connectivity index (χ2v) is 9.65. The molecule has 6 nitrogen and oxygen atoms in total. The summed E-state index contributed by atoms with van der Waals surface area (Å²) in [7, 11) is -3.41. The molecule has 2 aromatic carbocycles. The Balaban J connectivity index is 1.62. The van der Waals surface area contributed by atoms with Crippen LogP contribution in [0.4, 0.5) is 10.8 Å². The summed E-state index contributed by atoms with van der Waals surface area (Å²) in [6.07, 6.45) is 1.39. The minimum atomic E-state index is -3.41. The fraction of sp³-hybridized carbons (Fsp3) is 0.222. The summed E-state index contributed by atoms with van der Waals surface area (Å²) in [4.78, 5) is 17.0. The zero-order chi connectivity index (χ0) is 19.0. The Bertz CT molecular complexity index is 1090. The number of para-hydroxylation sites is 1. The van der Waals surface area contributed by atoms with Crippen LogP contribution in [0, 0.1) is 0 Å². The number of carbonyl (C=O) groups is 1. The first-order chi connectivity index (χ1) is 12.9. The van der Waals surface area contributed by atoms with Gasteiger partial charge in [-0.05, 0) is 43.2 Å². The molecule has 1 fully saturated rings. The number of fused-ring (bicyclic) bond motifs is 1. The zero-order valence-electron chi connectivity index (χ0n) is 14.2. The molecular formula is C18H16ClN3O3S2. The van der Waals surface area contributed by atoms with E-state index in [1.54, 1.807) is 12.1 Å². The highest BCUT2D eigenvalue weighted by atomic mass is 35.5. The van der Waals surface area contributed by atoms with Gasteiger partial charge in [0.05, 0.1) is 26.7 Å². The van der Waals surface area contributed by atoms with Gasteiger partial charge < -0.3 is 0 Å². The van der Waals surface area contributed by atoms with E-state index < -0.39 is 10.0 Å². The molecule has 1 aliphatic heterocycles. The van der Waals surface area contributed by atoms with Crippen molar-refractivity contribution >= 4 is 59.9 Å². The standard InChI is InChI=1S/C18H16ClN3O3S2/c19-13-8-7-12(11-15(13)22-9-3-4-10-27(22,24)25)17(23)21-18-20-14-5-1-2-6-16(14)26-18/h1-2,5-8,11H,3-4,9-10H2,(H,20,21,23). The Morgan fingerprint density at radius 2 is 2.00 bits per heavy atom. The summed E-state index contributed by atoms with van der Waals surface area (Å²) in [6.45, 7) is 0.366. The van der Waals surface area contributed by atoms with Crippen molar-refractivity contribution in [3.05, 3.63) is 53.1 Å². The van der Waals surface area contributed by atoms with Gasteiger partial charge in [0.15, 0.2) is 5.13 Å². The van der Waals surface area contributed by atoms with Gasteiger partial charge in [-0.2, -0.15) is 0 Å². The van der Waals surface area contributed by atoms with Crippen molar-refractivity contribution < 1.29 is 13.2 Å². The fourth-order valence-corrected chi connectivity index (χ4v) is 5.78. The smallest absolute Gasteiger partial charge is 0.257 e. The molecule has 0 atom stereocenters. The Morgan fingerprint density at radius 3 is 2.78 bits per heavy atom. The van der Waals surface area contributed by atoms with Crippen LogP contribution in [0.1, 0.15) is 23.2 Å². The summed E-state index contributed by atoms with van der Waals surface area (Å²) in [5.74, 6) is -0.271. The van der Waals surface area contributed by atoms with Crippen LogP contribution in [-0.2, 0) is 10.0 Å². The molecule has 0 aliphatic carbocycles. The maximum atomic E-state index is 12.6. The molecule has 1 aromatic heterocycles. The number of aromatic nitrogens is 1. The number of benzene rings is 2. The molecule has 3 aromatic rings. The minimum absolute atomic E-state index is 0.0887. The molecule has 9 heteroatoms. The molecule has 1 N–H and O–H groups in total. The topological polar surface area (TPSA) is 79.4 Å². The lowest BCUT2D eigenvalue weighted by atomic mass is 10.2. The second-order valence-electron chi connectivity index (χ2n) is 6.20. The Labute approximate surface area is 165 Å². The lowest BCUT2D eigenvalue weighted by Gasteiger charge is -2.29. The highest BCUT2D eigenvalue weighted by Gasteiger charge is 2.28. The number of sulfonamides is 1. The van der Waals surface area contributed by atoms with Crippen LogP contribution < -0.4 is 9.62 Å². The number of rotatable bonds is 3.